The Morgan fingerprint density at radius 3 is 2.44 bits per heavy atom. The third kappa shape index (κ3) is 4.43. The first-order chi connectivity index (χ1) is 16.4. The van der Waals surface area contributed by atoms with Crippen molar-refractivity contribution in [3.8, 4) is 0 Å². The van der Waals surface area contributed by atoms with Crippen molar-refractivity contribution in [2.24, 2.45) is 5.92 Å². The standard InChI is InChI=1S/C26H31N3O4S/c30-25-17-20(18-28(25)22-9-2-1-3-10-22)26(31)27-21-12-14-23(15-13-21)34(32,33)29-16-6-8-19-7-4-5-11-24(19)29/h4-5,7,11-15,20,22H,1-3,6,8-10,16-18H2,(H,27,31)/t20-/m1/s1. The highest BCUT2D eigenvalue weighted by molar-refractivity contribution is 7.92. The maximum Gasteiger partial charge on any atom is 0.264 e. The molecule has 0 bridgehead atoms. The number of likely N-dealkylation sites (tertiary alicyclic amines) is 1. The fourth-order valence-electron chi connectivity index (χ4n) is 5.48. The molecule has 2 aromatic rings. The zero-order valence-electron chi connectivity index (χ0n) is 19.3. The number of carbonyl (C=O) groups excluding carboxylic acids is 2. The van der Waals surface area contributed by atoms with Crippen molar-refractivity contribution in [2.75, 3.05) is 22.7 Å². The molecular formula is C26H31N3O4S. The summed E-state index contributed by atoms with van der Waals surface area (Å²) in [7, 11) is -3.69. The first-order valence-corrected chi connectivity index (χ1v) is 13.7. The van der Waals surface area contributed by atoms with Gasteiger partial charge in [0.05, 0.1) is 16.5 Å². The summed E-state index contributed by atoms with van der Waals surface area (Å²) >= 11 is 0. The smallest absolute Gasteiger partial charge is 0.264 e. The molecule has 180 valence electrons. The topological polar surface area (TPSA) is 86.8 Å². The molecule has 7 nitrogen and oxygen atoms in total. The van der Waals surface area contributed by atoms with Gasteiger partial charge in [-0.05, 0) is 61.6 Å². The Morgan fingerprint density at radius 1 is 0.941 bits per heavy atom. The molecule has 1 atom stereocenters. The molecule has 2 fully saturated rings. The minimum atomic E-state index is -3.69. The van der Waals surface area contributed by atoms with Gasteiger partial charge in [0.15, 0.2) is 0 Å². The molecule has 2 aliphatic heterocycles. The highest BCUT2D eigenvalue weighted by Gasteiger charge is 2.38. The highest BCUT2D eigenvalue weighted by atomic mass is 32.2. The average molecular weight is 482 g/mol. The zero-order chi connectivity index (χ0) is 23.7. The number of benzene rings is 2. The number of anilines is 2. The molecule has 1 aliphatic carbocycles. The van der Waals surface area contributed by atoms with Gasteiger partial charge in [0.2, 0.25) is 11.8 Å². The number of aryl methyl sites for hydroxylation is 1. The summed E-state index contributed by atoms with van der Waals surface area (Å²) in [5, 5.41) is 2.88. The minimum absolute atomic E-state index is 0.0651. The minimum Gasteiger partial charge on any atom is -0.339 e. The van der Waals surface area contributed by atoms with E-state index in [4.69, 9.17) is 0 Å². The van der Waals surface area contributed by atoms with Crippen molar-refractivity contribution in [1.82, 2.24) is 4.90 Å². The summed E-state index contributed by atoms with van der Waals surface area (Å²) in [4.78, 5) is 27.4. The van der Waals surface area contributed by atoms with Crippen LogP contribution in [0, 0.1) is 5.92 Å². The van der Waals surface area contributed by atoms with E-state index in [0.29, 0.717) is 18.8 Å². The summed E-state index contributed by atoms with van der Waals surface area (Å²) < 4.78 is 28.1. The van der Waals surface area contributed by atoms with Gasteiger partial charge in [-0.1, -0.05) is 37.5 Å². The molecule has 2 amide bonds. The molecule has 2 aromatic carbocycles. The van der Waals surface area contributed by atoms with Crippen LogP contribution in [0.5, 0.6) is 0 Å². The number of hydrogen-bond acceptors (Lipinski definition) is 4. The van der Waals surface area contributed by atoms with Crippen LogP contribution < -0.4 is 9.62 Å². The number of amides is 2. The van der Waals surface area contributed by atoms with E-state index in [2.05, 4.69) is 5.32 Å². The fourth-order valence-corrected chi connectivity index (χ4v) is 7.02. The molecule has 1 saturated carbocycles. The predicted octanol–water partition coefficient (Wildman–Crippen LogP) is 3.95. The van der Waals surface area contributed by atoms with Gasteiger partial charge < -0.3 is 10.2 Å². The van der Waals surface area contributed by atoms with Gasteiger partial charge in [-0.2, -0.15) is 0 Å². The van der Waals surface area contributed by atoms with Gasteiger partial charge in [-0.25, -0.2) is 8.42 Å². The largest absolute Gasteiger partial charge is 0.339 e. The first-order valence-electron chi connectivity index (χ1n) is 12.2. The zero-order valence-corrected chi connectivity index (χ0v) is 20.1. The third-order valence-electron chi connectivity index (χ3n) is 7.32. The second-order valence-electron chi connectivity index (χ2n) is 9.56. The lowest BCUT2D eigenvalue weighted by atomic mass is 9.94. The Balaban J connectivity index is 1.25. The Labute approximate surface area is 201 Å². The summed E-state index contributed by atoms with van der Waals surface area (Å²) in [6.07, 6.45) is 7.45. The van der Waals surface area contributed by atoms with E-state index >= 15 is 0 Å². The quantitative estimate of drug-likeness (QED) is 0.701. The molecule has 8 heteroatoms. The van der Waals surface area contributed by atoms with Crippen molar-refractivity contribution in [2.45, 2.75) is 62.3 Å². The summed E-state index contributed by atoms with van der Waals surface area (Å²) in [5.74, 6) is -0.495. The summed E-state index contributed by atoms with van der Waals surface area (Å²) in [5.41, 5.74) is 2.31. The SMILES string of the molecule is O=C(Nc1ccc(S(=O)(=O)N2CCCc3ccccc32)cc1)[C@@H]1CC(=O)N(C2CCCCC2)C1. The number of nitrogens with one attached hydrogen (secondary N) is 1. The van der Waals surface area contributed by atoms with Crippen LogP contribution in [-0.2, 0) is 26.0 Å². The Bertz CT molecular complexity index is 1170. The number of rotatable bonds is 5. The van der Waals surface area contributed by atoms with E-state index < -0.39 is 10.0 Å². The maximum absolute atomic E-state index is 13.3. The van der Waals surface area contributed by atoms with E-state index in [-0.39, 0.29) is 35.1 Å². The number of nitrogens with zero attached hydrogens (tertiary/aromatic N) is 2. The van der Waals surface area contributed by atoms with Crippen LogP contribution in [0.25, 0.3) is 0 Å². The third-order valence-corrected chi connectivity index (χ3v) is 9.15. The van der Waals surface area contributed by atoms with Crippen LogP contribution >= 0.6 is 0 Å². The van der Waals surface area contributed by atoms with E-state index in [1.807, 2.05) is 29.2 Å². The lowest BCUT2D eigenvalue weighted by Crippen LogP contribution is -2.38. The molecule has 0 unspecified atom stereocenters. The number of carbonyl (C=O) groups is 2. The van der Waals surface area contributed by atoms with Crippen molar-refractivity contribution in [3.05, 3.63) is 54.1 Å². The number of para-hydroxylation sites is 1. The van der Waals surface area contributed by atoms with Gasteiger partial charge in [0.25, 0.3) is 10.0 Å². The average Bonchev–Trinajstić information content (AvgIpc) is 3.26. The van der Waals surface area contributed by atoms with Gasteiger partial charge in [-0.15, -0.1) is 0 Å². The molecule has 34 heavy (non-hydrogen) atoms. The summed E-state index contributed by atoms with van der Waals surface area (Å²) in [6.45, 7) is 0.918. The molecule has 2 heterocycles. The Morgan fingerprint density at radius 2 is 1.68 bits per heavy atom. The second-order valence-corrected chi connectivity index (χ2v) is 11.4. The van der Waals surface area contributed by atoms with Gasteiger partial charge >= 0.3 is 0 Å². The normalized spacial score (nSPS) is 21.4. The molecule has 1 N–H and O–H groups in total. The van der Waals surface area contributed by atoms with Crippen LogP contribution in [0.2, 0.25) is 0 Å². The number of hydrogen-bond donors (Lipinski definition) is 1. The number of sulfonamides is 1. The van der Waals surface area contributed by atoms with Gasteiger partial charge in [-0.3, -0.25) is 13.9 Å². The Hall–Kier alpha value is -2.87. The molecule has 0 spiro atoms. The van der Waals surface area contributed by atoms with E-state index in [9.17, 15) is 18.0 Å². The fraction of sp³-hybridized carbons (Fsp3) is 0.462. The van der Waals surface area contributed by atoms with Crippen molar-refractivity contribution in [3.63, 3.8) is 0 Å². The van der Waals surface area contributed by atoms with Crippen LogP contribution in [0.1, 0.15) is 50.5 Å². The highest BCUT2D eigenvalue weighted by Crippen LogP contribution is 2.32. The van der Waals surface area contributed by atoms with Gasteiger partial charge in [0, 0.05) is 31.2 Å². The van der Waals surface area contributed by atoms with Crippen molar-refractivity contribution >= 4 is 33.2 Å². The molecule has 0 radical (unpaired) electrons. The van der Waals surface area contributed by atoms with Crippen LogP contribution in [0.15, 0.2) is 53.4 Å². The lowest BCUT2D eigenvalue weighted by Gasteiger charge is -2.31. The summed E-state index contributed by atoms with van der Waals surface area (Å²) in [6, 6.07) is 14.2. The first kappa shape index (κ1) is 22.9. The van der Waals surface area contributed by atoms with Crippen molar-refractivity contribution in [1.29, 1.82) is 0 Å². The molecule has 0 aromatic heterocycles. The molecule has 1 saturated heterocycles. The monoisotopic (exact) mass is 481 g/mol. The van der Waals surface area contributed by atoms with Crippen molar-refractivity contribution < 1.29 is 18.0 Å². The molecular weight excluding hydrogens is 450 g/mol. The van der Waals surface area contributed by atoms with E-state index in [0.717, 1.165) is 49.8 Å². The Kier molecular flexibility index (Phi) is 6.34. The van der Waals surface area contributed by atoms with E-state index in [1.54, 1.807) is 12.1 Å². The van der Waals surface area contributed by atoms with Crippen LogP contribution in [-0.4, -0.2) is 44.3 Å². The predicted molar refractivity (Wildman–Crippen MR) is 131 cm³/mol. The maximum atomic E-state index is 13.3. The van der Waals surface area contributed by atoms with Crippen LogP contribution in [0.3, 0.4) is 0 Å². The van der Waals surface area contributed by atoms with E-state index in [1.165, 1.54) is 22.9 Å². The molecule has 3 aliphatic rings. The lowest BCUT2D eigenvalue weighted by molar-refractivity contribution is -0.130. The second kappa shape index (κ2) is 9.41. The number of fused-ring (bicyclic) bond motifs is 1. The van der Waals surface area contributed by atoms with Gasteiger partial charge in [0.1, 0.15) is 0 Å². The molecule has 5 rings (SSSR count). The van der Waals surface area contributed by atoms with Crippen LogP contribution in [0.4, 0.5) is 11.4 Å².